The molecule has 0 unspecified atom stereocenters. The van der Waals surface area contributed by atoms with Gasteiger partial charge in [-0.3, -0.25) is 14.9 Å². The number of aryl methyl sites for hydroxylation is 1. The van der Waals surface area contributed by atoms with E-state index in [1.807, 2.05) is 0 Å². The summed E-state index contributed by atoms with van der Waals surface area (Å²) in [4.78, 5) is 55.3. The van der Waals surface area contributed by atoms with Crippen LogP contribution in [0, 0.1) is 11.6 Å². The lowest BCUT2D eigenvalue weighted by Crippen LogP contribution is -2.49. The lowest BCUT2D eigenvalue weighted by Gasteiger charge is -2.28. The van der Waals surface area contributed by atoms with Gasteiger partial charge in [0.25, 0.3) is 0 Å². The van der Waals surface area contributed by atoms with Gasteiger partial charge >= 0.3 is 12.2 Å². The molecule has 3 N–H and O–H groups in total. The molecule has 0 aliphatic carbocycles. The van der Waals surface area contributed by atoms with Gasteiger partial charge in [-0.2, -0.15) is 0 Å². The fourth-order valence-corrected chi connectivity index (χ4v) is 4.14. The van der Waals surface area contributed by atoms with Crippen LogP contribution in [0.5, 0.6) is 0 Å². The number of amides is 4. The number of hydrogen-bond acceptors (Lipinski definition) is 7. The number of rotatable bonds is 11. The summed E-state index contributed by atoms with van der Waals surface area (Å²) in [7, 11) is 1.46. The number of fused-ring (bicyclic) bond motifs is 1. The second kappa shape index (κ2) is 15.3. The summed E-state index contributed by atoms with van der Waals surface area (Å²) in [6.45, 7) is 4.16. The summed E-state index contributed by atoms with van der Waals surface area (Å²) in [6, 6.07) is 9.09. The van der Waals surface area contributed by atoms with Crippen LogP contribution in [0.2, 0.25) is 5.02 Å². The molecule has 236 valence electrons. The van der Waals surface area contributed by atoms with Gasteiger partial charge in [-0.1, -0.05) is 23.7 Å². The van der Waals surface area contributed by atoms with E-state index in [0.29, 0.717) is 16.3 Å². The molecule has 0 spiro atoms. The van der Waals surface area contributed by atoms with Gasteiger partial charge < -0.3 is 25.0 Å². The largest absolute Gasteiger partial charge is 0.447 e. The minimum Gasteiger partial charge on any atom is -0.447 e. The van der Waals surface area contributed by atoms with Gasteiger partial charge in [-0.15, -0.1) is 0 Å². The average Bonchev–Trinajstić information content (AvgIpc) is 2.95. The third kappa shape index (κ3) is 10.6. The lowest BCUT2D eigenvalue weighted by atomic mass is 10.1. The first-order valence-electron chi connectivity index (χ1n) is 13.6. The molecule has 0 saturated carbocycles. The van der Waals surface area contributed by atoms with Gasteiger partial charge in [0.1, 0.15) is 29.7 Å². The normalized spacial score (nSPS) is 11.8. The monoisotopic (exact) mass is 633 g/mol. The highest BCUT2D eigenvalue weighted by Crippen LogP contribution is 2.21. The Morgan fingerprint density at radius 2 is 1.77 bits per heavy atom. The van der Waals surface area contributed by atoms with Crippen molar-refractivity contribution in [1.29, 1.82) is 0 Å². The SMILES string of the molecule is CN(C(=O)CCc1cccc(F)c1Cl)[C@@H](CNC(=O)CNC(=O)OC(C)(C)C)COC(=O)Nc1cc2cc(F)ccc2cn1. The minimum atomic E-state index is -0.899. The summed E-state index contributed by atoms with van der Waals surface area (Å²) in [5.74, 6) is -1.90. The van der Waals surface area contributed by atoms with Gasteiger partial charge in [0.15, 0.2) is 0 Å². The molecule has 0 bridgehead atoms. The number of aromatic nitrogens is 1. The van der Waals surface area contributed by atoms with Crippen LogP contribution in [0.3, 0.4) is 0 Å². The molecule has 2 aromatic carbocycles. The van der Waals surface area contributed by atoms with Crippen LogP contribution < -0.4 is 16.0 Å². The van der Waals surface area contributed by atoms with Crippen molar-refractivity contribution in [2.75, 3.05) is 32.1 Å². The van der Waals surface area contributed by atoms with Crippen molar-refractivity contribution in [2.45, 2.75) is 45.3 Å². The molecule has 4 amide bonds. The maximum absolute atomic E-state index is 13.8. The first-order valence-corrected chi connectivity index (χ1v) is 14.0. The number of likely N-dealkylation sites (N-methyl/N-ethyl adjacent to an activating group) is 1. The van der Waals surface area contributed by atoms with Gasteiger partial charge in [0.2, 0.25) is 11.8 Å². The standard InChI is InChI=1S/C30H34ClF2N5O6/c1-30(2,3)44-28(41)36-16-25(39)35-15-22(38(4)26(40)11-9-18-6-5-7-23(33)27(18)31)17-43-29(42)37-24-13-20-12-21(32)10-8-19(20)14-34-24/h5-8,10,12-14,22H,9,11,15-17H2,1-4H3,(H,35,39)(H,36,41)(H,34,37,42)/t22-/m0/s1. The Hall–Kier alpha value is -4.52. The molecular weight excluding hydrogens is 600 g/mol. The predicted molar refractivity (Wildman–Crippen MR) is 160 cm³/mol. The fraction of sp³-hybridized carbons (Fsp3) is 0.367. The summed E-state index contributed by atoms with van der Waals surface area (Å²) in [6.07, 6.45) is -0.116. The highest BCUT2D eigenvalue weighted by molar-refractivity contribution is 6.31. The Kier molecular flexibility index (Phi) is 11.8. The highest BCUT2D eigenvalue weighted by Gasteiger charge is 2.24. The zero-order chi connectivity index (χ0) is 32.4. The molecule has 1 atom stereocenters. The van der Waals surface area contributed by atoms with Crippen LogP contribution in [0.25, 0.3) is 10.8 Å². The van der Waals surface area contributed by atoms with Crippen LogP contribution in [0.15, 0.2) is 48.7 Å². The van der Waals surface area contributed by atoms with E-state index in [4.69, 9.17) is 21.1 Å². The molecule has 11 nitrogen and oxygen atoms in total. The van der Waals surface area contributed by atoms with Crippen LogP contribution in [0.4, 0.5) is 24.2 Å². The molecular formula is C30H34ClF2N5O6. The first kappa shape index (κ1) is 34.0. The molecule has 0 saturated heterocycles. The zero-order valence-corrected chi connectivity index (χ0v) is 25.5. The molecule has 0 radical (unpaired) electrons. The van der Waals surface area contributed by atoms with Crippen LogP contribution in [-0.4, -0.2) is 72.3 Å². The summed E-state index contributed by atoms with van der Waals surface area (Å²) in [5, 5.41) is 8.49. The summed E-state index contributed by atoms with van der Waals surface area (Å²) < 4.78 is 37.8. The Morgan fingerprint density at radius 1 is 1.02 bits per heavy atom. The third-order valence-corrected chi connectivity index (χ3v) is 6.65. The second-order valence-corrected chi connectivity index (χ2v) is 11.2. The number of nitrogens with zero attached hydrogens (tertiary/aromatic N) is 2. The maximum atomic E-state index is 13.8. The van der Waals surface area contributed by atoms with E-state index in [0.717, 1.165) is 0 Å². The average molecular weight is 634 g/mol. The fourth-order valence-electron chi connectivity index (χ4n) is 3.92. The first-order chi connectivity index (χ1) is 20.7. The number of anilines is 1. The van der Waals surface area contributed by atoms with Crippen molar-refractivity contribution >= 4 is 52.2 Å². The summed E-state index contributed by atoms with van der Waals surface area (Å²) >= 11 is 6.01. The zero-order valence-electron chi connectivity index (χ0n) is 24.7. The van der Waals surface area contributed by atoms with Crippen molar-refractivity contribution in [3.8, 4) is 0 Å². The maximum Gasteiger partial charge on any atom is 0.412 e. The van der Waals surface area contributed by atoms with Crippen LogP contribution in [0.1, 0.15) is 32.8 Å². The van der Waals surface area contributed by atoms with Crippen molar-refractivity contribution in [1.82, 2.24) is 20.5 Å². The Balaban J connectivity index is 1.62. The van der Waals surface area contributed by atoms with Gasteiger partial charge in [0.05, 0.1) is 17.6 Å². The molecule has 0 aliphatic heterocycles. The summed E-state index contributed by atoms with van der Waals surface area (Å²) in [5.41, 5.74) is -0.300. The topological polar surface area (TPSA) is 139 Å². The van der Waals surface area contributed by atoms with Crippen molar-refractivity contribution < 1.29 is 37.4 Å². The smallest absolute Gasteiger partial charge is 0.412 e. The number of hydrogen-bond donors (Lipinski definition) is 3. The molecule has 1 aromatic heterocycles. The Bertz CT molecular complexity index is 1520. The molecule has 0 aliphatic rings. The van der Waals surface area contributed by atoms with Crippen molar-refractivity contribution in [3.63, 3.8) is 0 Å². The van der Waals surface area contributed by atoms with E-state index >= 15 is 0 Å². The van der Waals surface area contributed by atoms with E-state index < -0.39 is 53.8 Å². The molecule has 1 heterocycles. The molecule has 44 heavy (non-hydrogen) atoms. The quantitative estimate of drug-likeness (QED) is 0.275. The molecule has 0 fully saturated rings. The minimum absolute atomic E-state index is 0.0475. The van der Waals surface area contributed by atoms with E-state index in [1.54, 1.807) is 32.9 Å². The Morgan fingerprint density at radius 3 is 2.50 bits per heavy atom. The molecule has 3 aromatic rings. The number of nitrogens with one attached hydrogen (secondary N) is 3. The van der Waals surface area contributed by atoms with Gasteiger partial charge in [-0.05, 0) is 68.5 Å². The molecule has 3 rings (SSSR count). The lowest BCUT2D eigenvalue weighted by molar-refractivity contribution is -0.133. The number of halogens is 3. The second-order valence-electron chi connectivity index (χ2n) is 10.8. The van der Waals surface area contributed by atoms with E-state index in [1.165, 1.54) is 48.5 Å². The van der Waals surface area contributed by atoms with Crippen molar-refractivity contribution in [2.24, 2.45) is 0 Å². The Labute approximate surface area is 258 Å². The van der Waals surface area contributed by atoms with Crippen molar-refractivity contribution in [3.05, 3.63) is 70.9 Å². The third-order valence-electron chi connectivity index (χ3n) is 6.23. The predicted octanol–water partition coefficient (Wildman–Crippen LogP) is 4.82. The van der Waals surface area contributed by atoms with E-state index in [2.05, 4.69) is 20.9 Å². The number of alkyl carbamates (subject to hydrolysis) is 1. The number of ether oxygens (including phenoxy) is 2. The molecule has 14 heteroatoms. The van der Waals surface area contributed by atoms with E-state index in [-0.39, 0.29) is 36.8 Å². The highest BCUT2D eigenvalue weighted by atomic mass is 35.5. The van der Waals surface area contributed by atoms with E-state index in [9.17, 15) is 28.0 Å². The van der Waals surface area contributed by atoms with Crippen LogP contribution in [-0.2, 0) is 25.5 Å². The number of benzene rings is 2. The number of carbonyl (C=O) groups excluding carboxylic acids is 4. The van der Waals surface area contributed by atoms with Crippen LogP contribution >= 0.6 is 11.6 Å². The van der Waals surface area contributed by atoms with Gasteiger partial charge in [0, 0.05) is 31.6 Å². The number of pyridine rings is 1. The number of carbonyl (C=O) groups is 4. The van der Waals surface area contributed by atoms with Gasteiger partial charge in [-0.25, -0.2) is 23.4 Å².